The summed E-state index contributed by atoms with van der Waals surface area (Å²) in [6.45, 7) is 94.9. The van der Waals surface area contributed by atoms with Crippen LogP contribution in [-0.4, -0.2) is 648 Å². The molecular weight excluding hydrogens is 1860 g/mol. The second-order valence-corrected chi connectivity index (χ2v) is 48.5. The standard InChI is InChI=1S/C9H18N2.2C9H20N2.C9H18N2.C9H19NO.C9H19N.C8H16N2.C8H18N2.C8H17N.C7H16N2O.3C7H16N2.C6H12N2O.C6H14N2.CH4/c1-10-5-2-6-11(8-7-10)9-3-4-9;1-9(2)11-6-4-5-10(3)7-8-11;1-4-11(5-2)9-6-7-10(3)8-9;1-3-5-11-7-4-6-10(2)8-9-11;1-9-3-5-10(6-4-9)7-8-11-2;1-7(2)9-6-8(3)4-5-10-9;1-10-5-7-3-2-4-9-8(7)6-10;1-3-10-6-4-5-9(2)7-8-10;1-3-9-6-4-8(2)5-7-9;1-9-4-3-8-7(5-9)6-10-2;1-8(2)7-4-5-9(3)6-7;1-8-4-3-5-9(2)7-6-8;1-3-9-6-4-8(2)5-7-9;1-7-3-4-8(2)6(9)5-7;1-7-6-3-4-8(2)5-6;/h9H,2-8H2,1H3;2*9H,4-8H2,1-3H3;3H,1,4-9H2,2H3;9H,3-8H2,1-2H3;7-10H,4-6H2,1-3H3;7-9H,2-6H2,1H3;3-8H2,1-2H3;8H,3-7H2,1-2H3;7-8H,3-6H2,1-2H3;7H,4-6H2,1-3H3;2*3-7H2,1-2H3;3-5H2,1-2H3;6-7H,3-5H2,1-2H3;1H4/t;;;;;8-,9-;;;;;;;;;;/m.....1........../s1. The number of piperidine rings is 4. The summed E-state index contributed by atoms with van der Waals surface area (Å²) >= 11 is 0. The highest BCUT2D eigenvalue weighted by Gasteiger charge is 2.34. The Morgan fingerprint density at radius 2 is 0.852 bits per heavy atom. The first-order valence-electron chi connectivity index (χ1n) is 61.0. The normalized spacial score (nSPS) is 27.5. The number of likely N-dealkylation sites (tertiary alicyclic amines) is 6. The Bertz CT molecular complexity index is 2950. The lowest BCUT2D eigenvalue weighted by atomic mass is 9.88. The summed E-state index contributed by atoms with van der Waals surface area (Å²) in [6, 6.07) is 6.21. The van der Waals surface area contributed by atoms with E-state index < -0.39 is 0 Å². The highest BCUT2D eigenvalue weighted by atomic mass is 16.5. The van der Waals surface area contributed by atoms with E-state index in [0.29, 0.717) is 12.6 Å². The average Bonchev–Trinajstić information content (AvgIpc) is 1.71. The zero-order chi connectivity index (χ0) is 110. The van der Waals surface area contributed by atoms with Gasteiger partial charge < -0.3 is 119 Å². The smallest absolute Gasteiger partial charge is 0.236 e. The van der Waals surface area contributed by atoms with Crippen molar-refractivity contribution in [1.82, 2.24) is 134 Å². The van der Waals surface area contributed by atoms with Gasteiger partial charge in [0.15, 0.2) is 0 Å². The van der Waals surface area contributed by atoms with Crippen LogP contribution >= 0.6 is 0 Å². The first-order chi connectivity index (χ1) is 70.9. The van der Waals surface area contributed by atoms with Crippen LogP contribution in [0.4, 0.5) is 0 Å². The molecule has 0 aromatic rings. The van der Waals surface area contributed by atoms with Gasteiger partial charge in [-0.25, -0.2) is 0 Å². The van der Waals surface area contributed by atoms with Gasteiger partial charge in [-0.15, -0.1) is 6.58 Å². The molecular formula is C119H259N27O3. The fourth-order valence-electron chi connectivity index (χ4n) is 22.1. The number of fused-ring (bicyclic) bond motifs is 1. The molecule has 0 radical (unpaired) electrons. The highest BCUT2D eigenvalue weighted by molar-refractivity contribution is 5.78. The maximum atomic E-state index is 10.9. The Labute approximate surface area is 926 Å². The lowest BCUT2D eigenvalue weighted by Crippen LogP contribution is -2.50. The van der Waals surface area contributed by atoms with E-state index in [1.807, 2.05) is 32.1 Å². The van der Waals surface area contributed by atoms with Gasteiger partial charge in [0.2, 0.25) is 5.91 Å². The number of nitrogens with zero attached hydrogens (tertiary/aromatic N) is 23. The molecule has 30 heteroatoms. The SMILES string of the molecule is C.C=CCN1CCCN(C)CC1.CC(C)N1CCCN(C)CC1.CC(C)[C@H]1C[C@H](C)CCN1.CCN(CC)C1CCN(C)C1.CCN1CCC(C)CC1.CCN1CCCN(C)CC1.CCN1CCN(C)CC1.CN1CC2CCCNC2C1.CN1CCC(N(C)C)C1.CN1CCCN(C)CC1.CN1CCCN(C2CC2)CC1.CN1CCN(C)C(=O)C1.CNC1CCN(C)C1.COCC1CN(C)CCN1.COCCN1CCC(C)CC1. The topological polar surface area (TPSA) is 158 Å². The monoisotopic (exact) mass is 2120 g/mol. The van der Waals surface area contributed by atoms with Crippen LogP contribution in [-0.2, 0) is 14.3 Å². The second-order valence-electron chi connectivity index (χ2n) is 48.5. The second kappa shape index (κ2) is 87.9. The molecule has 6 unspecified atom stereocenters. The number of nitrogens with one attached hydrogen (secondary N) is 4. The number of carbonyl (C=O) groups is 1. The number of rotatable bonds is 18. The van der Waals surface area contributed by atoms with E-state index in [9.17, 15) is 4.79 Å². The number of likely N-dealkylation sites (N-methyl/N-ethyl adjacent to an activating group) is 19. The van der Waals surface area contributed by atoms with E-state index in [1.165, 1.54) is 397 Å². The Morgan fingerprint density at radius 1 is 0.396 bits per heavy atom. The van der Waals surface area contributed by atoms with E-state index in [0.717, 1.165) is 131 Å². The van der Waals surface area contributed by atoms with Gasteiger partial charge in [0.1, 0.15) is 0 Å². The van der Waals surface area contributed by atoms with Crippen LogP contribution in [0.15, 0.2) is 12.7 Å². The number of ether oxygens (including phenoxy) is 2. The average molecular weight is 2120 g/mol. The van der Waals surface area contributed by atoms with E-state index in [2.05, 4.69) is 312 Å². The van der Waals surface area contributed by atoms with Crippen LogP contribution in [0.2, 0.25) is 0 Å². The highest BCUT2D eigenvalue weighted by Crippen LogP contribution is 2.28. The largest absolute Gasteiger partial charge is 0.383 e. The van der Waals surface area contributed by atoms with Crippen LogP contribution in [0.3, 0.4) is 0 Å². The summed E-state index contributed by atoms with van der Waals surface area (Å²) in [6.07, 6.45) is 26.7. The van der Waals surface area contributed by atoms with Gasteiger partial charge in [-0.1, -0.05) is 82.7 Å². The summed E-state index contributed by atoms with van der Waals surface area (Å²) in [4.78, 5) is 66.0. The van der Waals surface area contributed by atoms with Gasteiger partial charge in [-0.2, -0.15) is 0 Å². The molecule has 17 aliphatic rings. The van der Waals surface area contributed by atoms with Gasteiger partial charge in [-0.3, -0.25) is 29.3 Å². The van der Waals surface area contributed by atoms with Crippen molar-refractivity contribution in [1.29, 1.82) is 0 Å². The lowest BCUT2D eigenvalue weighted by molar-refractivity contribution is -0.133. The number of amides is 1. The predicted molar refractivity (Wildman–Crippen MR) is 648 cm³/mol. The molecule has 888 valence electrons. The van der Waals surface area contributed by atoms with Crippen molar-refractivity contribution in [3.05, 3.63) is 12.7 Å². The molecule has 16 heterocycles. The molecule has 0 spiro atoms. The molecule has 149 heavy (non-hydrogen) atoms. The maximum Gasteiger partial charge on any atom is 0.236 e. The Kier molecular flexibility index (Phi) is 84.4. The van der Waals surface area contributed by atoms with E-state index in [-0.39, 0.29) is 13.3 Å². The molecule has 0 bridgehead atoms. The van der Waals surface area contributed by atoms with E-state index in [4.69, 9.17) is 9.47 Å². The summed E-state index contributed by atoms with van der Waals surface area (Å²) in [7, 11) is 40.0. The molecule has 17 fully saturated rings. The predicted octanol–water partition coefficient (Wildman–Crippen LogP) is 9.97. The fraction of sp³-hybridized carbons (Fsp3) is 0.975. The Balaban J connectivity index is 0.000000539. The molecule has 0 aromatic heterocycles. The van der Waals surface area contributed by atoms with Gasteiger partial charge >= 0.3 is 0 Å². The number of methoxy groups -OCH3 is 2. The van der Waals surface area contributed by atoms with Gasteiger partial charge in [0.25, 0.3) is 0 Å². The first-order valence-corrected chi connectivity index (χ1v) is 61.0. The van der Waals surface area contributed by atoms with E-state index >= 15 is 0 Å². The van der Waals surface area contributed by atoms with Crippen molar-refractivity contribution < 1.29 is 14.3 Å². The molecule has 1 aliphatic carbocycles. The van der Waals surface area contributed by atoms with Crippen LogP contribution in [0, 0.1) is 29.6 Å². The number of hydrogen-bond acceptors (Lipinski definition) is 29. The Morgan fingerprint density at radius 3 is 1.28 bits per heavy atom. The molecule has 4 N–H and O–H groups in total. The summed E-state index contributed by atoms with van der Waals surface area (Å²) in [5.41, 5.74) is 0. The molecule has 16 saturated heterocycles. The molecule has 1 amide bonds. The van der Waals surface area contributed by atoms with Crippen LogP contribution in [0.1, 0.15) is 206 Å². The zero-order valence-corrected chi connectivity index (χ0v) is 104. The molecule has 16 aliphatic heterocycles. The minimum atomic E-state index is 0. The van der Waals surface area contributed by atoms with Gasteiger partial charge in [0, 0.05) is 240 Å². The summed E-state index contributed by atoms with van der Waals surface area (Å²) in [5.74, 6) is 4.85. The molecule has 8 atom stereocenters. The number of hydrogen-bond donors (Lipinski definition) is 4. The molecule has 17 rings (SSSR count). The van der Waals surface area contributed by atoms with Crippen molar-refractivity contribution in [3.63, 3.8) is 0 Å². The molecule has 0 aromatic carbocycles. The van der Waals surface area contributed by atoms with Crippen molar-refractivity contribution in [2.45, 2.75) is 254 Å². The van der Waals surface area contributed by atoms with Crippen molar-refractivity contribution in [2.24, 2.45) is 29.6 Å². The maximum absolute atomic E-state index is 10.9. The molecule has 1 saturated carbocycles. The number of piperazine rings is 3. The Hall–Kier alpha value is -1.91. The zero-order valence-electron chi connectivity index (χ0n) is 104. The van der Waals surface area contributed by atoms with Crippen molar-refractivity contribution in [2.75, 3.05) is 481 Å². The van der Waals surface area contributed by atoms with Crippen LogP contribution in [0.25, 0.3) is 0 Å². The quantitative estimate of drug-likeness (QED) is 0.0960. The van der Waals surface area contributed by atoms with Gasteiger partial charge in [0.05, 0.1) is 19.8 Å². The van der Waals surface area contributed by atoms with Gasteiger partial charge in [-0.05, 0) is 429 Å². The van der Waals surface area contributed by atoms with Crippen LogP contribution in [0.5, 0.6) is 0 Å². The lowest BCUT2D eigenvalue weighted by Gasteiger charge is -2.31. The minimum absolute atomic E-state index is 0. The third kappa shape index (κ3) is 70.7. The fourth-order valence-corrected chi connectivity index (χ4v) is 22.1. The first kappa shape index (κ1) is 143. The molecule has 30 nitrogen and oxygen atoms in total. The van der Waals surface area contributed by atoms with Crippen LogP contribution < -0.4 is 21.3 Å². The van der Waals surface area contributed by atoms with E-state index in [1.54, 1.807) is 19.1 Å². The third-order valence-electron chi connectivity index (χ3n) is 33.9. The summed E-state index contributed by atoms with van der Waals surface area (Å²) in [5, 5.41) is 13.8. The minimum Gasteiger partial charge on any atom is -0.383 e. The van der Waals surface area contributed by atoms with Crippen molar-refractivity contribution >= 4 is 5.91 Å². The van der Waals surface area contributed by atoms with Crippen molar-refractivity contribution in [3.8, 4) is 0 Å². The number of carbonyl (C=O) groups excluding carboxylic acids is 1. The summed E-state index contributed by atoms with van der Waals surface area (Å²) < 4.78 is 10.1. The third-order valence-corrected chi connectivity index (χ3v) is 33.9.